The summed E-state index contributed by atoms with van der Waals surface area (Å²) in [6.45, 7) is 2.21. The fourth-order valence-corrected chi connectivity index (χ4v) is 2.14. The van der Waals surface area contributed by atoms with E-state index in [9.17, 15) is 4.79 Å². The number of aromatic nitrogens is 1. The molecule has 2 rings (SSSR count). The van der Waals surface area contributed by atoms with E-state index in [1.165, 1.54) is 4.90 Å². The molecule has 0 radical (unpaired) electrons. The van der Waals surface area contributed by atoms with Crippen LogP contribution < -0.4 is 5.32 Å². The van der Waals surface area contributed by atoms with E-state index < -0.39 is 0 Å². The van der Waals surface area contributed by atoms with Crippen LogP contribution in [-0.2, 0) is 0 Å². The lowest BCUT2D eigenvalue weighted by Gasteiger charge is -2.21. The summed E-state index contributed by atoms with van der Waals surface area (Å²) in [5.41, 5.74) is 3.26. The molecule has 0 bridgehead atoms. The molecule has 5 heteroatoms. The highest BCUT2D eigenvalue weighted by atomic mass is 16.3. The number of carbonyl (C=O) groups is 1. The summed E-state index contributed by atoms with van der Waals surface area (Å²) in [6, 6.07) is 11.7. The fraction of sp³-hybridized carbons (Fsp3) is 0.294. The Hall–Kier alpha value is -2.40. The lowest BCUT2D eigenvalue weighted by Crippen LogP contribution is -2.39. The first-order valence-corrected chi connectivity index (χ1v) is 7.24. The molecule has 2 N–H and O–H groups in total. The number of amides is 2. The molecule has 0 fully saturated rings. The minimum Gasteiger partial charge on any atom is -0.395 e. The first kappa shape index (κ1) is 16.0. The maximum absolute atomic E-state index is 11.9. The zero-order valence-electron chi connectivity index (χ0n) is 12.9. The third kappa shape index (κ3) is 4.05. The number of carbonyl (C=O) groups excluding carboxylic acids is 1. The van der Waals surface area contributed by atoms with E-state index >= 15 is 0 Å². The molecule has 0 aliphatic carbocycles. The van der Waals surface area contributed by atoms with E-state index in [-0.39, 0.29) is 18.7 Å². The van der Waals surface area contributed by atoms with Gasteiger partial charge in [0.1, 0.15) is 0 Å². The normalized spacial score (nSPS) is 11.8. The van der Waals surface area contributed by atoms with Crippen LogP contribution in [-0.4, -0.2) is 41.2 Å². The third-order valence-electron chi connectivity index (χ3n) is 3.55. The van der Waals surface area contributed by atoms with Gasteiger partial charge in [-0.15, -0.1) is 0 Å². The van der Waals surface area contributed by atoms with Crippen molar-refractivity contribution in [1.29, 1.82) is 0 Å². The molecule has 0 saturated carbocycles. The van der Waals surface area contributed by atoms with Gasteiger partial charge in [-0.2, -0.15) is 0 Å². The summed E-state index contributed by atoms with van der Waals surface area (Å²) >= 11 is 0. The minimum atomic E-state index is -0.195. The number of likely N-dealkylation sites (N-methyl/N-ethyl adjacent to an activating group) is 1. The van der Waals surface area contributed by atoms with Gasteiger partial charge in [-0.25, -0.2) is 4.79 Å². The SMILES string of the molecule is CC(NC(=O)N(C)CCO)c1ccc(-c2ccncc2)cc1. The molecule has 0 aliphatic heterocycles. The summed E-state index contributed by atoms with van der Waals surface area (Å²) in [6.07, 6.45) is 3.53. The number of rotatable bonds is 5. The molecular weight excluding hydrogens is 278 g/mol. The number of urea groups is 1. The molecule has 0 saturated heterocycles. The number of aliphatic hydroxyl groups excluding tert-OH is 1. The van der Waals surface area contributed by atoms with Crippen LogP contribution in [0.4, 0.5) is 4.79 Å². The van der Waals surface area contributed by atoms with E-state index in [2.05, 4.69) is 10.3 Å². The van der Waals surface area contributed by atoms with E-state index in [4.69, 9.17) is 5.11 Å². The topological polar surface area (TPSA) is 65.5 Å². The van der Waals surface area contributed by atoms with Gasteiger partial charge >= 0.3 is 6.03 Å². The lowest BCUT2D eigenvalue weighted by molar-refractivity contribution is 0.188. The van der Waals surface area contributed by atoms with Gasteiger partial charge in [0.25, 0.3) is 0 Å². The van der Waals surface area contributed by atoms with Crippen LogP contribution in [0.25, 0.3) is 11.1 Å². The third-order valence-corrected chi connectivity index (χ3v) is 3.55. The fourth-order valence-electron chi connectivity index (χ4n) is 2.14. The van der Waals surface area contributed by atoms with Gasteiger partial charge in [-0.3, -0.25) is 4.98 Å². The van der Waals surface area contributed by atoms with Crippen LogP contribution in [0.1, 0.15) is 18.5 Å². The first-order chi connectivity index (χ1) is 10.6. The number of nitrogens with zero attached hydrogens (tertiary/aromatic N) is 2. The van der Waals surface area contributed by atoms with Crippen molar-refractivity contribution in [3.05, 3.63) is 54.4 Å². The van der Waals surface area contributed by atoms with E-state index in [1.54, 1.807) is 19.4 Å². The van der Waals surface area contributed by atoms with Crippen LogP contribution in [0.15, 0.2) is 48.8 Å². The monoisotopic (exact) mass is 299 g/mol. The molecule has 5 nitrogen and oxygen atoms in total. The predicted octanol–water partition coefficient (Wildman–Crippen LogP) is 2.44. The van der Waals surface area contributed by atoms with Crippen molar-refractivity contribution in [2.45, 2.75) is 13.0 Å². The average Bonchev–Trinajstić information content (AvgIpc) is 2.56. The Bertz CT molecular complexity index is 599. The van der Waals surface area contributed by atoms with Crippen molar-refractivity contribution in [2.75, 3.05) is 20.2 Å². The Morgan fingerprint density at radius 2 is 1.77 bits per heavy atom. The highest BCUT2D eigenvalue weighted by Gasteiger charge is 2.12. The maximum Gasteiger partial charge on any atom is 0.317 e. The van der Waals surface area contributed by atoms with Crippen molar-refractivity contribution in [3.8, 4) is 11.1 Å². The molecule has 2 aromatic rings. The molecule has 116 valence electrons. The highest BCUT2D eigenvalue weighted by Crippen LogP contribution is 2.21. The Morgan fingerprint density at radius 1 is 1.18 bits per heavy atom. The van der Waals surface area contributed by atoms with Crippen molar-refractivity contribution < 1.29 is 9.90 Å². The Morgan fingerprint density at radius 3 is 2.36 bits per heavy atom. The zero-order valence-corrected chi connectivity index (χ0v) is 12.9. The van der Waals surface area contributed by atoms with Gasteiger partial charge in [0.05, 0.1) is 12.6 Å². The van der Waals surface area contributed by atoms with Crippen LogP contribution in [0.2, 0.25) is 0 Å². The summed E-state index contributed by atoms with van der Waals surface area (Å²) in [5.74, 6) is 0. The smallest absolute Gasteiger partial charge is 0.317 e. The Labute approximate surface area is 130 Å². The molecule has 1 aromatic heterocycles. The van der Waals surface area contributed by atoms with Gasteiger partial charge in [-0.1, -0.05) is 24.3 Å². The largest absolute Gasteiger partial charge is 0.395 e. The van der Waals surface area contributed by atoms with Crippen molar-refractivity contribution >= 4 is 6.03 Å². The number of pyridine rings is 1. The standard InChI is InChI=1S/C17H21N3O2/c1-13(19-17(22)20(2)11-12-21)14-3-5-15(6-4-14)16-7-9-18-10-8-16/h3-10,13,21H,11-12H2,1-2H3,(H,19,22). The second kappa shape index (κ2) is 7.56. The van der Waals surface area contributed by atoms with Crippen molar-refractivity contribution in [1.82, 2.24) is 15.2 Å². The zero-order chi connectivity index (χ0) is 15.9. The number of aliphatic hydroxyl groups is 1. The lowest BCUT2D eigenvalue weighted by atomic mass is 10.0. The minimum absolute atomic E-state index is 0.0427. The second-order valence-corrected chi connectivity index (χ2v) is 5.17. The first-order valence-electron chi connectivity index (χ1n) is 7.24. The molecule has 22 heavy (non-hydrogen) atoms. The van der Waals surface area contributed by atoms with Gasteiger partial charge in [0, 0.05) is 26.0 Å². The maximum atomic E-state index is 11.9. The molecule has 0 spiro atoms. The predicted molar refractivity (Wildman–Crippen MR) is 86.3 cm³/mol. The van der Waals surface area contributed by atoms with Gasteiger partial charge < -0.3 is 15.3 Å². The highest BCUT2D eigenvalue weighted by molar-refractivity contribution is 5.74. The van der Waals surface area contributed by atoms with Crippen molar-refractivity contribution in [3.63, 3.8) is 0 Å². The summed E-state index contributed by atoms with van der Waals surface area (Å²) < 4.78 is 0. The van der Waals surface area contributed by atoms with Gasteiger partial charge in [0.15, 0.2) is 0 Å². The van der Waals surface area contributed by atoms with Crippen LogP contribution in [0.3, 0.4) is 0 Å². The molecule has 1 atom stereocenters. The average molecular weight is 299 g/mol. The Balaban J connectivity index is 2.02. The Kier molecular flexibility index (Phi) is 5.49. The molecular formula is C17H21N3O2. The molecule has 2 amide bonds. The van der Waals surface area contributed by atoms with Crippen LogP contribution in [0, 0.1) is 0 Å². The van der Waals surface area contributed by atoms with Crippen molar-refractivity contribution in [2.24, 2.45) is 0 Å². The van der Waals surface area contributed by atoms with Crippen LogP contribution >= 0.6 is 0 Å². The number of nitrogens with one attached hydrogen (secondary N) is 1. The molecule has 1 unspecified atom stereocenters. The number of hydrogen-bond acceptors (Lipinski definition) is 3. The van der Waals surface area contributed by atoms with Gasteiger partial charge in [0.2, 0.25) is 0 Å². The summed E-state index contributed by atoms with van der Waals surface area (Å²) in [7, 11) is 1.66. The molecule has 0 aliphatic rings. The van der Waals surface area contributed by atoms with E-state index in [1.807, 2.05) is 43.3 Å². The summed E-state index contributed by atoms with van der Waals surface area (Å²) in [5, 5.41) is 11.8. The van der Waals surface area contributed by atoms with Gasteiger partial charge in [-0.05, 0) is 35.7 Å². The number of hydrogen-bond donors (Lipinski definition) is 2. The quantitative estimate of drug-likeness (QED) is 0.891. The number of benzene rings is 1. The molecule has 1 heterocycles. The summed E-state index contributed by atoms with van der Waals surface area (Å²) in [4.78, 5) is 17.4. The van der Waals surface area contributed by atoms with E-state index in [0.717, 1.165) is 16.7 Å². The van der Waals surface area contributed by atoms with Crippen LogP contribution in [0.5, 0.6) is 0 Å². The second-order valence-electron chi connectivity index (χ2n) is 5.17. The molecule has 1 aromatic carbocycles. The van der Waals surface area contributed by atoms with E-state index in [0.29, 0.717) is 6.54 Å².